The van der Waals surface area contributed by atoms with Gasteiger partial charge >= 0.3 is 0 Å². The third-order valence-corrected chi connectivity index (χ3v) is 4.62. The molecule has 0 N–H and O–H groups in total. The van der Waals surface area contributed by atoms with E-state index in [4.69, 9.17) is 23.9 Å². The maximum Gasteiger partial charge on any atom is 0.182 e. The van der Waals surface area contributed by atoms with Crippen LogP contribution in [0.15, 0.2) is 24.6 Å². The van der Waals surface area contributed by atoms with Crippen LogP contribution in [0.5, 0.6) is 5.75 Å². The van der Waals surface area contributed by atoms with Gasteiger partial charge in [-0.15, -0.1) is 0 Å². The van der Waals surface area contributed by atoms with E-state index < -0.39 is 5.60 Å². The molecule has 6 heteroatoms. The zero-order valence-corrected chi connectivity index (χ0v) is 15.8. The number of hydrogen-bond donors (Lipinski definition) is 0. The minimum atomic E-state index is -0.544. The van der Waals surface area contributed by atoms with Crippen LogP contribution in [0.4, 0.5) is 0 Å². The number of likely N-dealkylation sites (tertiary alicyclic amines) is 1. The van der Waals surface area contributed by atoms with Crippen molar-refractivity contribution in [2.75, 3.05) is 27.0 Å². The van der Waals surface area contributed by atoms with Gasteiger partial charge in [0.05, 0.1) is 19.3 Å². The van der Waals surface area contributed by atoms with Gasteiger partial charge in [-0.2, -0.15) is 0 Å². The first-order valence-electron chi connectivity index (χ1n) is 8.65. The van der Waals surface area contributed by atoms with E-state index in [0.717, 1.165) is 30.1 Å². The van der Waals surface area contributed by atoms with Gasteiger partial charge in [0.25, 0.3) is 0 Å². The second-order valence-corrected chi connectivity index (χ2v) is 7.64. The Hall–Kier alpha value is -1.79. The minimum absolute atomic E-state index is 0.124. The summed E-state index contributed by atoms with van der Waals surface area (Å²) in [5.74, 6) is 1.46. The van der Waals surface area contributed by atoms with E-state index in [-0.39, 0.29) is 18.5 Å². The number of aryl methyl sites for hydroxylation is 1. The fourth-order valence-corrected chi connectivity index (χ4v) is 3.46. The molecule has 138 valence electrons. The zero-order valence-electron chi connectivity index (χ0n) is 15.8. The Kier molecular flexibility index (Phi) is 4.68. The molecule has 25 heavy (non-hydrogen) atoms. The summed E-state index contributed by atoms with van der Waals surface area (Å²) in [5, 5.41) is 0. The van der Waals surface area contributed by atoms with Crippen molar-refractivity contribution in [3.63, 3.8) is 0 Å². The lowest BCUT2D eigenvalue weighted by molar-refractivity contribution is -0.0700. The lowest BCUT2D eigenvalue weighted by Gasteiger charge is -2.43. The van der Waals surface area contributed by atoms with E-state index in [0.29, 0.717) is 12.4 Å². The van der Waals surface area contributed by atoms with Crippen molar-refractivity contribution >= 4 is 0 Å². The molecule has 2 aliphatic rings. The molecule has 2 fully saturated rings. The molecule has 0 aliphatic carbocycles. The summed E-state index contributed by atoms with van der Waals surface area (Å²) < 4.78 is 23.3. The fourth-order valence-electron chi connectivity index (χ4n) is 3.46. The van der Waals surface area contributed by atoms with Gasteiger partial charge in [-0.05, 0) is 34.3 Å². The Balaban J connectivity index is 1.82. The van der Waals surface area contributed by atoms with Crippen LogP contribution in [0, 0.1) is 6.92 Å². The molecule has 3 heterocycles. The number of nitrogens with zero attached hydrogens (tertiary/aromatic N) is 2. The van der Waals surface area contributed by atoms with Crippen molar-refractivity contribution in [3.05, 3.63) is 36.0 Å². The van der Waals surface area contributed by atoms with Gasteiger partial charge in [0.1, 0.15) is 29.8 Å². The van der Waals surface area contributed by atoms with Crippen LogP contribution in [0.3, 0.4) is 0 Å². The molecular weight excluding hydrogens is 320 g/mol. The Morgan fingerprint density at radius 2 is 2.16 bits per heavy atom. The summed E-state index contributed by atoms with van der Waals surface area (Å²) in [6.45, 7) is 13.8. The SMILES string of the molecule is C=C(OC(C)(C)C)N1CC[C@]2(c3cc(OC)cc(C)n3)OCO[C@@H]2C1. The quantitative estimate of drug-likeness (QED) is 0.780. The molecule has 1 aromatic heterocycles. The van der Waals surface area contributed by atoms with Crippen LogP contribution in [-0.4, -0.2) is 48.6 Å². The molecule has 0 bridgehead atoms. The van der Waals surface area contributed by atoms with Crippen LogP contribution >= 0.6 is 0 Å². The van der Waals surface area contributed by atoms with Gasteiger partial charge in [-0.3, -0.25) is 4.98 Å². The Labute approximate surface area is 149 Å². The maximum atomic E-state index is 6.08. The number of methoxy groups -OCH3 is 1. The largest absolute Gasteiger partial charge is 0.497 e. The van der Waals surface area contributed by atoms with E-state index in [9.17, 15) is 0 Å². The van der Waals surface area contributed by atoms with Crippen molar-refractivity contribution in [2.24, 2.45) is 0 Å². The second kappa shape index (κ2) is 6.50. The van der Waals surface area contributed by atoms with Crippen molar-refractivity contribution in [1.29, 1.82) is 0 Å². The molecular formula is C19H28N2O4. The number of fused-ring (bicyclic) bond motifs is 1. The molecule has 0 spiro atoms. The molecule has 2 atom stereocenters. The maximum absolute atomic E-state index is 6.08. The van der Waals surface area contributed by atoms with E-state index in [2.05, 4.69) is 11.5 Å². The number of rotatable bonds is 4. The molecule has 0 aromatic carbocycles. The summed E-state index contributed by atoms with van der Waals surface area (Å²) in [4.78, 5) is 6.83. The highest BCUT2D eigenvalue weighted by molar-refractivity contribution is 5.31. The average molecular weight is 348 g/mol. The second-order valence-electron chi connectivity index (χ2n) is 7.64. The fraction of sp³-hybridized carbons (Fsp3) is 0.632. The smallest absolute Gasteiger partial charge is 0.182 e. The molecule has 2 aliphatic heterocycles. The predicted molar refractivity (Wildman–Crippen MR) is 94.2 cm³/mol. The van der Waals surface area contributed by atoms with Gasteiger partial charge in [0.15, 0.2) is 5.88 Å². The molecule has 0 amide bonds. The van der Waals surface area contributed by atoms with E-state index in [1.165, 1.54) is 0 Å². The number of piperidine rings is 1. The average Bonchev–Trinajstić information content (AvgIpc) is 2.96. The van der Waals surface area contributed by atoms with Crippen LogP contribution in [0.25, 0.3) is 0 Å². The Morgan fingerprint density at radius 3 is 2.84 bits per heavy atom. The van der Waals surface area contributed by atoms with E-state index in [1.54, 1.807) is 7.11 Å². The highest BCUT2D eigenvalue weighted by Crippen LogP contribution is 2.43. The van der Waals surface area contributed by atoms with Gasteiger partial charge in [0.2, 0.25) is 0 Å². The third-order valence-electron chi connectivity index (χ3n) is 4.62. The highest BCUT2D eigenvalue weighted by atomic mass is 16.7. The standard InChI is InChI=1S/C19H28N2O4/c1-13-9-15(22-6)10-16(20-13)19-7-8-21(11-17(19)23-12-24-19)14(2)25-18(3,4)5/h9-10,17H,2,7-8,11-12H2,1,3-6H3/t17-,19-/m1/s1. The lowest BCUT2D eigenvalue weighted by atomic mass is 9.85. The normalized spacial score (nSPS) is 26.3. The number of pyridine rings is 1. The van der Waals surface area contributed by atoms with Crippen molar-refractivity contribution in [2.45, 2.75) is 51.4 Å². The van der Waals surface area contributed by atoms with E-state index in [1.807, 2.05) is 39.8 Å². The molecule has 3 rings (SSSR count). The number of ether oxygens (including phenoxy) is 4. The first-order valence-corrected chi connectivity index (χ1v) is 8.65. The van der Waals surface area contributed by atoms with Gasteiger partial charge < -0.3 is 23.8 Å². The van der Waals surface area contributed by atoms with Gasteiger partial charge in [-0.1, -0.05) is 0 Å². The van der Waals surface area contributed by atoms with Crippen LogP contribution in [-0.2, 0) is 19.8 Å². The lowest BCUT2D eigenvalue weighted by Crippen LogP contribution is -2.52. The first kappa shape index (κ1) is 18.0. The van der Waals surface area contributed by atoms with Gasteiger partial charge in [-0.25, -0.2) is 0 Å². The minimum Gasteiger partial charge on any atom is -0.497 e. The first-order chi connectivity index (χ1) is 11.7. The van der Waals surface area contributed by atoms with E-state index >= 15 is 0 Å². The topological polar surface area (TPSA) is 53.1 Å². The summed E-state index contributed by atoms with van der Waals surface area (Å²) in [6.07, 6.45) is 0.629. The molecule has 0 unspecified atom stereocenters. The highest BCUT2D eigenvalue weighted by Gasteiger charge is 2.52. The molecule has 6 nitrogen and oxygen atoms in total. The summed E-state index contributed by atoms with van der Waals surface area (Å²) in [7, 11) is 1.66. The van der Waals surface area contributed by atoms with Crippen molar-refractivity contribution < 1.29 is 18.9 Å². The summed E-state index contributed by atoms with van der Waals surface area (Å²) in [5.41, 5.74) is 0.955. The molecule has 2 saturated heterocycles. The number of hydrogen-bond acceptors (Lipinski definition) is 6. The van der Waals surface area contributed by atoms with Crippen LogP contribution in [0.2, 0.25) is 0 Å². The number of aromatic nitrogens is 1. The predicted octanol–water partition coefficient (Wildman–Crippen LogP) is 2.96. The molecule has 0 saturated carbocycles. The van der Waals surface area contributed by atoms with Crippen LogP contribution < -0.4 is 4.74 Å². The van der Waals surface area contributed by atoms with Crippen LogP contribution in [0.1, 0.15) is 38.6 Å². The third kappa shape index (κ3) is 3.60. The molecule has 1 aromatic rings. The van der Waals surface area contributed by atoms with Gasteiger partial charge in [0, 0.05) is 30.8 Å². The summed E-state index contributed by atoms with van der Waals surface area (Å²) >= 11 is 0. The molecule has 0 radical (unpaired) electrons. The monoisotopic (exact) mass is 348 g/mol. The van der Waals surface area contributed by atoms with Crippen molar-refractivity contribution in [3.8, 4) is 5.75 Å². The zero-order chi connectivity index (χ0) is 18.2. The Bertz CT molecular complexity index is 655. The Morgan fingerprint density at radius 1 is 1.40 bits per heavy atom. The summed E-state index contributed by atoms with van der Waals surface area (Å²) in [6, 6.07) is 3.86. The van der Waals surface area contributed by atoms with Crippen molar-refractivity contribution in [1.82, 2.24) is 9.88 Å².